The van der Waals surface area contributed by atoms with Crippen molar-refractivity contribution < 1.29 is 4.39 Å². The number of halogens is 1. The van der Waals surface area contributed by atoms with Crippen molar-refractivity contribution in [1.29, 1.82) is 0 Å². The van der Waals surface area contributed by atoms with Crippen LogP contribution >= 0.6 is 0 Å². The SMILES string of the molecule is CCN(c1cccc(F)c1)c1ncc(CNC)c(C)n1. The average molecular weight is 274 g/mol. The molecular weight excluding hydrogens is 255 g/mol. The van der Waals surface area contributed by atoms with E-state index in [1.165, 1.54) is 12.1 Å². The zero-order valence-electron chi connectivity index (χ0n) is 12.0. The quantitative estimate of drug-likeness (QED) is 0.910. The van der Waals surface area contributed by atoms with Crippen LogP contribution in [0.25, 0.3) is 0 Å². The van der Waals surface area contributed by atoms with Gasteiger partial charge >= 0.3 is 0 Å². The average Bonchev–Trinajstić information content (AvgIpc) is 2.43. The van der Waals surface area contributed by atoms with Crippen LogP contribution in [0.5, 0.6) is 0 Å². The molecule has 0 amide bonds. The van der Waals surface area contributed by atoms with Crippen molar-refractivity contribution in [2.45, 2.75) is 20.4 Å². The number of aryl methyl sites for hydroxylation is 1. The van der Waals surface area contributed by atoms with E-state index < -0.39 is 0 Å². The zero-order valence-corrected chi connectivity index (χ0v) is 12.0. The first-order valence-corrected chi connectivity index (χ1v) is 6.66. The maximum atomic E-state index is 13.3. The Bertz CT molecular complexity index is 586. The molecule has 1 N–H and O–H groups in total. The summed E-state index contributed by atoms with van der Waals surface area (Å²) in [5.74, 6) is 0.333. The molecule has 1 aromatic heterocycles. The zero-order chi connectivity index (χ0) is 14.5. The van der Waals surface area contributed by atoms with E-state index in [0.717, 1.165) is 23.5 Å². The fourth-order valence-electron chi connectivity index (χ4n) is 2.06. The van der Waals surface area contributed by atoms with E-state index in [-0.39, 0.29) is 5.82 Å². The van der Waals surface area contributed by atoms with Crippen molar-refractivity contribution in [3.63, 3.8) is 0 Å². The lowest BCUT2D eigenvalue weighted by Gasteiger charge is -2.21. The molecule has 0 saturated carbocycles. The summed E-state index contributed by atoms with van der Waals surface area (Å²) in [5.41, 5.74) is 2.75. The van der Waals surface area contributed by atoms with Gasteiger partial charge in [-0.15, -0.1) is 0 Å². The molecule has 0 radical (unpaired) electrons. The molecular formula is C15H19FN4. The molecule has 2 aromatic rings. The minimum Gasteiger partial charge on any atom is -0.316 e. The fourth-order valence-corrected chi connectivity index (χ4v) is 2.06. The number of rotatable bonds is 5. The van der Waals surface area contributed by atoms with Gasteiger partial charge in [0.2, 0.25) is 5.95 Å². The number of nitrogens with one attached hydrogen (secondary N) is 1. The molecule has 1 heterocycles. The van der Waals surface area contributed by atoms with E-state index in [0.29, 0.717) is 12.5 Å². The van der Waals surface area contributed by atoms with Crippen LogP contribution in [0.2, 0.25) is 0 Å². The smallest absolute Gasteiger partial charge is 0.230 e. The molecule has 0 spiro atoms. The van der Waals surface area contributed by atoms with Crippen molar-refractivity contribution in [2.75, 3.05) is 18.5 Å². The number of benzene rings is 1. The molecule has 5 heteroatoms. The van der Waals surface area contributed by atoms with Crippen molar-refractivity contribution >= 4 is 11.6 Å². The lowest BCUT2D eigenvalue weighted by atomic mass is 10.2. The predicted molar refractivity (Wildman–Crippen MR) is 78.6 cm³/mol. The van der Waals surface area contributed by atoms with E-state index in [9.17, 15) is 4.39 Å². The Morgan fingerprint density at radius 3 is 2.75 bits per heavy atom. The van der Waals surface area contributed by atoms with Crippen molar-refractivity contribution in [3.05, 3.63) is 47.5 Å². The molecule has 0 aliphatic rings. The standard InChI is InChI=1S/C15H19FN4/c1-4-20(14-7-5-6-13(16)8-14)15-18-10-12(9-17-3)11(2)19-15/h5-8,10,17H,4,9H2,1-3H3. The normalized spacial score (nSPS) is 10.6. The first-order chi connectivity index (χ1) is 9.65. The van der Waals surface area contributed by atoms with Crippen molar-refractivity contribution in [3.8, 4) is 0 Å². The van der Waals surface area contributed by atoms with Crippen molar-refractivity contribution in [1.82, 2.24) is 15.3 Å². The number of hydrogen-bond donors (Lipinski definition) is 1. The highest BCUT2D eigenvalue weighted by Crippen LogP contribution is 2.23. The Kier molecular flexibility index (Phi) is 4.63. The van der Waals surface area contributed by atoms with Gasteiger partial charge in [0.25, 0.3) is 0 Å². The summed E-state index contributed by atoms with van der Waals surface area (Å²) >= 11 is 0. The summed E-state index contributed by atoms with van der Waals surface area (Å²) in [6, 6.07) is 6.46. The van der Waals surface area contributed by atoms with Crippen molar-refractivity contribution in [2.24, 2.45) is 0 Å². The van der Waals surface area contributed by atoms with Gasteiger partial charge in [0.05, 0.1) is 0 Å². The molecule has 4 nitrogen and oxygen atoms in total. The van der Waals surface area contributed by atoms with Crippen LogP contribution in [0.4, 0.5) is 16.0 Å². The Labute approximate surface area is 118 Å². The number of nitrogens with zero attached hydrogens (tertiary/aromatic N) is 3. The Morgan fingerprint density at radius 2 is 2.15 bits per heavy atom. The number of anilines is 2. The minimum absolute atomic E-state index is 0.260. The van der Waals surface area contributed by atoms with Crippen LogP contribution < -0.4 is 10.2 Å². The lowest BCUT2D eigenvalue weighted by molar-refractivity contribution is 0.627. The molecule has 0 aliphatic heterocycles. The Balaban J connectivity index is 2.35. The second-order valence-corrected chi connectivity index (χ2v) is 4.54. The third-order valence-electron chi connectivity index (χ3n) is 3.11. The van der Waals surface area contributed by atoms with E-state index in [4.69, 9.17) is 0 Å². The minimum atomic E-state index is -0.260. The molecule has 0 aliphatic carbocycles. The summed E-state index contributed by atoms with van der Waals surface area (Å²) in [4.78, 5) is 10.8. The van der Waals surface area contributed by atoms with Gasteiger partial charge < -0.3 is 10.2 Å². The molecule has 0 unspecified atom stereocenters. The second-order valence-electron chi connectivity index (χ2n) is 4.54. The molecule has 20 heavy (non-hydrogen) atoms. The highest BCUT2D eigenvalue weighted by atomic mass is 19.1. The second kappa shape index (κ2) is 6.43. The van der Waals surface area contributed by atoms with E-state index in [1.54, 1.807) is 6.07 Å². The third-order valence-corrected chi connectivity index (χ3v) is 3.11. The summed E-state index contributed by atoms with van der Waals surface area (Å²) < 4.78 is 13.3. The summed E-state index contributed by atoms with van der Waals surface area (Å²) in [6.45, 7) is 5.36. The predicted octanol–water partition coefficient (Wildman–Crippen LogP) is 2.80. The van der Waals surface area contributed by atoms with Gasteiger partial charge in [-0.1, -0.05) is 6.07 Å². The van der Waals surface area contributed by atoms with E-state index in [2.05, 4.69) is 15.3 Å². The molecule has 0 bridgehead atoms. The van der Waals surface area contributed by atoms with Crippen LogP contribution in [-0.4, -0.2) is 23.6 Å². The topological polar surface area (TPSA) is 41.1 Å². The maximum Gasteiger partial charge on any atom is 0.230 e. The molecule has 0 atom stereocenters. The highest BCUT2D eigenvalue weighted by molar-refractivity contribution is 5.57. The van der Waals surface area contributed by atoms with Crippen LogP contribution in [-0.2, 0) is 6.54 Å². The Hall–Kier alpha value is -2.01. The Morgan fingerprint density at radius 1 is 1.35 bits per heavy atom. The monoisotopic (exact) mass is 274 g/mol. The van der Waals surface area contributed by atoms with Crippen LogP contribution in [0.3, 0.4) is 0 Å². The lowest BCUT2D eigenvalue weighted by Crippen LogP contribution is -2.20. The highest BCUT2D eigenvalue weighted by Gasteiger charge is 2.12. The first-order valence-electron chi connectivity index (χ1n) is 6.66. The van der Waals surface area contributed by atoms with Gasteiger partial charge in [0, 0.05) is 36.2 Å². The fraction of sp³-hybridized carbons (Fsp3) is 0.333. The van der Waals surface area contributed by atoms with E-state index in [1.807, 2.05) is 38.1 Å². The molecule has 1 aromatic carbocycles. The summed E-state index contributed by atoms with van der Waals surface area (Å²) in [6.07, 6.45) is 1.82. The van der Waals surface area contributed by atoms with Gasteiger partial charge in [0.1, 0.15) is 5.82 Å². The molecule has 0 fully saturated rings. The van der Waals surface area contributed by atoms with Gasteiger partial charge in [-0.05, 0) is 39.1 Å². The number of hydrogen-bond acceptors (Lipinski definition) is 4. The maximum absolute atomic E-state index is 13.3. The van der Waals surface area contributed by atoms with Crippen LogP contribution in [0, 0.1) is 12.7 Å². The molecule has 106 valence electrons. The van der Waals surface area contributed by atoms with Gasteiger partial charge in [-0.2, -0.15) is 0 Å². The first kappa shape index (κ1) is 14.4. The van der Waals surface area contributed by atoms with Gasteiger partial charge in [0.15, 0.2) is 0 Å². The molecule has 0 saturated heterocycles. The van der Waals surface area contributed by atoms with E-state index >= 15 is 0 Å². The van der Waals surface area contributed by atoms with Gasteiger partial charge in [-0.25, -0.2) is 14.4 Å². The number of aromatic nitrogens is 2. The molecule has 2 rings (SSSR count). The largest absolute Gasteiger partial charge is 0.316 e. The van der Waals surface area contributed by atoms with Gasteiger partial charge in [-0.3, -0.25) is 0 Å². The van der Waals surface area contributed by atoms with Crippen LogP contribution in [0.15, 0.2) is 30.5 Å². The summed E-state index contributed by atoms with van der Waals surface area (Å²) in [7, 11) is 1.89. The summed E-state index contributed by atoms with van der Waals surface area (Å²) in [5, 5.41) is 3.08. The third kappa shape index (κ3) is 3.11. The van der Waals surface area contributed by atoms with Crippen LogP contribution in [0.1, 0.15) is 18.2 Å².